The summed E-state index contributed by atoms with van der Waals surface area (Å²) in [5, 5.41) is 3.19. The van der Waals surface area contributed by atoms with Gasteiger partial charge in [-0.3, -0.25) is 4.90 Å². The first-order valence-electron chi connectivity index (χ1n) is 8.13. The van der Waals surface area contributed by atoms with Gasteiger partial charge in [0.1, 0.15) is 5.75 Å². The van der Waals surface area contributed by atoms with Gasteiger partial charge in [0, 0.05) is 6.04 Å². The van der Waals surface area contributed by atoms with Crippen molar-refractivity contribution in [2.24, 2.45) is 5.92 Å². The van der Waals surface area contributed by atoms with Gasteiger partial charge in [0.15, 0.2) is 0 Å². The fourth-order valence-corrected chi connectivity index (χ4v) is 3.14. The molecule has 1 saturated heterocycles. The monoisotopic (exact) mass is 366 g/mol. The molecule has 0 saturated carbocycles. The predicted molar refractivity (Wildman–Crippen MR) is 91.6 cm³/mol. The lowest BCUT2D eigenvalue weighted by atomic mass is 9.92. The van der Waals surface area contributed by atoms with Crippen molar-refractivity contribution < 1.29 is 17.9 Å². The first-order chi connectivity index (χ1) is 10.9. The molecule has 1 atom stereocenters. The summed E-state index contributed by atoms with van der Waals surface area (Å²) >= 11 is 0. The number of hydrogen-bond donors (Lipinski definition) is 1. The number of halogens is 4. The van der Waals surface area contributed by atoms with E-state index in [1.807, 2.05) is 7.05 Å². The molecule has 0 bridgehead atoms. The second-order valence-electron chi connectivity index (χ2n) is 6.16. The molecule has 24 heavy (non-hydrogen) atoms. The average Bonchev–Trinajstić information content (AvgIpc) is 2.52. The number of nitrogens with zero attached hydrogens (tertiary/aromatic N) is 1. The van der Waals surface area contributed by atoms with Crippen LogP contribution in [0.1, 0.15) is 37.8 Å². The number of nitrogens with one attached hydrogen (secondary N) is 1. The van der Waals surface area contributed by atoms with E-state index in [1.165, 1.54) is 31.4 Å². The second-order valence-corrected chi connectivity index (χ2v) is 6.16. The zero-order chi connectivity index (χ0) is 16.9. The Bertz CT molecular complexity index is 474. The number of ether oxygens (including phenoxy) is 1. The van der Waals surface area contributed by atoms with Crippen LogP contribution < -0.4 is 10.1 Å². The lowest BCUT2D eigenvalue weighted by Gasteiger charge is -2.36. The summed E-state index contributed by atoms with van der Waals surface area (Å²) in [7, 11) is 1.98. The van der Waals surface area contributed by atoms with Crippen molar-refractivity contribution in [1.82, 2.24) is 10.2 Å². The molecular formula is C17H26ClF3N2O. The van der Waals surface area contributed by atoms with Crippen molar-refractivity contribution in [2.75, 3.05) is 26.7 Å². The molecule has 0 radical (unpaired) electrons. The summed E-state index contributed by atoms with van der Waals surface area (Å²) in [5.41, 5.74) is 1.02. The summed E-state index contributed by atoms with van der Waals surface area (Å²) < 4.78 is 40.5. The van der Waals surface area contributed by atoms with Crippen molar-refractivity contribution in [3.05, 3.63) is 29.8 Å². The molecule has 1 heterocycles. The summed E-state index contributed by atoms with van der Waals surface area (Å²) in [6.07, 6.45) is -1.06. The smallest absolute Gasteiger partial charge is 0.406 e. The van der Waals surface area contributed by atoms with Crippen LogP contribution in [0, 0.1) is 5.92 Å². The van der Waals surface area contributed by atoms with E-state index in [9.17, 15) is 13.2 Å². The molecule has 0 aromatic heterocycles. The van der Waals surface area contributed by atoms with Crippen LogP contribution in [0.5, 0.6) is 5.75 Å². The van der Waals surface area contributed by atoms with E-state index in [4.69, 9.17) is 0 Å². The van der Waals surface area contributed by atoms with Crippen LogP contribution in [0.3, 0.4) is 0 Å². The van der Waals surface area contributed by atoms with Crippen molar-refractivity contribution in [1.29, 1.82) is 0 Å². The first kappa shape index (κ1) is 21.1. The van der Waals surface area contributed by atoms with Crippen molar-refractivity contribution in [2.45, 2.75) is 38.6 Å². The van der Waals surface area contributed by atoms with Crippen LogP contribution in [0.4, 0.5) is 13.2 Å². The highest BCUT2D eigenvalue weighted by molar-refractivity contribution is 5.85. The Morgan fingerprint density at radius 1 is 1.21 bits per heavy atom. The van der Waals surface area contributed by atoms with Crippen LogP contribution >= 0.6 is 12.4 Å². The molecule has 1 unspecified atom stereocenters. The van der Waals surface area contributed by atoms with Crippen LogP contribution in [0.25, 0.3) is 0 Å². The maximum atomic E-state index is 12.2. The van der Waals surface area contributed by atoms with Gasteiger partial charge in [0.2, 0.25) is 0 Å². The average molecular weight is 367 g/mol. The third-order valence-electron chi connectivity index (χ3n) is 4.60. The Kier molecular flexibility index (Phi) is 8.33. The van der Waals surface area contributed by atoms with Crippen LogP contribution in [0.15, 0.2) is 24.3 Å². The standard InChI is InChI=1S/C17H25F3N2O.ClH/c1-13(22-11-8-14(9-12-22)7-10-21-2)15-3-5-16(6-4-15)23-17(18,19)20;/h3-6,13-14,21H,7-12H2,1-2H3;1H. The highest BCUT2D eigenvalue weighted by Gasteiger charge is 2.31. The van der Waals surface area contributed by atoms with Crippen molar-refractivity contribution >= 4 is 12.4 Å². The molecule has 1 aliphatic rings. The van der Waals surface area contributed by atoms with E-state index in [-0.39, 0.29) is 24.2 Å². The Hall–Kier alpha value is -0.980. The number of rotatable bonds is 6. The van der Waals surface area contributed by atoms with E-state index in [0.29, 0.717) is 0 Å². The Morgan fingerprint density at radius 2 is 1.79 bits per heavy atom. The van der Waals surface area contributed by atoms with Gasteiger partial charge in [-0.05, 0) is 76.5 Å². The fraction of sp³-hybridized carbons (Fsp3) is 0.647. The summed E-state index contributed by atoms with van der Waals surface area (Å²) in [6, 6.07) is 6.43. The minimum Gasteiger partial charge on any atom is -0.406 e. The number of hydrogen-bond acceptors (Lipinski definition) is 3. The molecule has 1 aromatic rings. The highest BCUT2D eigenvalue weighted by atomic mass is 35.5. The Balaban J connectivity index is 0.00000288. The van der Waals surface area contributed by atoms with Crippen LogP contribution in [-0.2, 0) is 0 Å². The summed E-state index contributed by atoms with van der Waals surface area (Å²) in [4.78, 5) is 2.40. The normalized spacial score (nSPS) is 18.0. The first-order valence-corrected chi connectivity index (χ1v) is 8.13. The quantitative estimate of drug-likeness (QED) is 0.808. The molecule has 1 N–H and O–H groups in total. The van der Waals surface area contributed by atoms with E-state index in [0.717, 1.165) is 31.1 Å². The SMILES string of the molecule is CNCCC1CCN(C(C)c2ccc(OC(F)(F)F)cc2)CC1.Cl. The van der Waals surface area contributed by atoms with Crippen molar-refractivity contribution in [3.63, 3.8) is 0 Å². The molecule has 3 nitrogen and oxygen atoms in total. The lowest BCUT2D eigenvalue weighted by molar-refractivity contribution is -0.274. The molecule has 7 heteroatoms. The number of piperidine rings is 1. The van der Waals surface area contributed by atoms with Gasteiger partial charge in [-0.2, -0.15) is 0 Å². The zero-order valence-corrected chi connectivity index (χ0v) is 14.9. The second kappa shape index (κ2) is 9.49. The van der Waals surface area contributed by atoms with Gasteiger partial charge in [-0.1, -0.05) is 12.1 Å². The summed E-state index contributed by atoms with van der Waals surface area (Å²) in [5.74, 6) is 0.604. The molecule has 1 aromatic carbocycles. The molecule has 0 amide bonds. The number of benzene rings is 1. The largest absolute Gasteiger partial charge is 0.573 e. The minimum atomic E-state index is -4.64. The fourth-order valence-electron chi connectivity index (χ4n) is 3.14. The third-order valence-corrected chi connectivity index (χ3v) is 4.60. The molecule has 1 aliphatic heterocycles. The third kappa shape index (κ3) is 6.49. The maximum absolute atomic E-state index is 12.2. The maximum Gasteiger partial charge on any atom is 0.573 e. The van der Waals surface area contributed by atoms with E-state index < -0.39 is 6.36 Å². The van der Waals surface area contributed by atoms with Gasteiger partial charge in [-0.15, -0.1) is 25.6 Å². The van der Waals surface area contributed by atoms with E-state index in [1.54, 1.807) is 12.1 Å². The topological polar surface area (TPSA) is 24.5 Å². The molecule has 138 valence electrons. The molecule has 2 rings (SSSR count). The molecule has 0 spiro atoms. The van der Waals surface area contributed by atoms with Gasteiger partial charge in [0.05, 0.1) is 0 Å². The zero-order valence-electron chi connectivity index (χ0n) is 14.1. The molecular weight excluding hydrogens is 341 g/mol. The van der Waals surface area contributed by atoms with Gasteiger partial charge >= 0.3 is 6.36 Å². The lowest BCUT2D eigenvalue weighted by Crippen LogP contribution is -2.36. The Morgan fingerprint density at radius 3 is 2.29 bits per heavy atom. The number of alkyl halides is 3. The molecule has 0 aliphatic carbocycles. The summed E-state index contributed by atoms with van der Waals surface area (Å²) in [6.45, 7) is 5.24. The number of likely N-dealkylation sites (tertiary alicyclic amines) is 1. The van der Waals surface area contributed by atoms with Gasteiger partial charge < -0.3 is 10.1 Å². The van der Waals surface area contributed by atoms with E-state index in [2.05, 4.69) is 21.9 Å². The molecule has 1 fully saturated rings. The minimum absolute atomic E-state index is 0. The van der Waals surface area contributed by atoms with Crippen LogP contribution in [0.2, 0.25) is 0 Å². The van der Waals surface area contributed by atoms with Crippen molar-refractivity contribution in [3.8, 4) is 5.75 Å². The van der Waals surface area contributed by atoms with Crippen LogP contribution in [-0.4, -0.2) is 37.9 Å². The predicted octanol–water partition coefficient (Wildman–Crippen LogP) is 4.39. The van der Waals surface area contributed by atoms with E-state index >= 15 is 0 Å². The van der Waals surface area contributed by atoms with Gasteiger partial charge in [0.25, 0.3) is 0 Å². The van der Waals surface area contributed by atoms with Gasteiger partial charge in [-0.25, -0.2) is 0 Å². The highest BCUT2D eigenvalue weighted by Crippen LogP contribution is 2.29. The Labute approximate surface area is 148 Å².